The zero-order valence-corrected chi connectivity index (χ0v) is 18.9. The van der Waals surface area contributed by atoms with Crippen molar-refractivity contribution in [2.75, 3.05) is 25.0 Å². The lowest BCUT2D eigenvalue weighted by Gasteiger charge is -2.58. The molecule has 7 heteroatoms. The lowest BCUT2D eigenvalue weighted by atomic mass is 9.73. The topological polar surface area (TPSA) is 72.9 Å². The Morgan fingerprint density at radius 1 is 1.12 bits per heavy atom. The van der Waals surface area contributed by atoms with Gasteiger partial charge in [-0.3, -0.25) is 4.79 Å². The zero-order chi connectivity index (χ0) is 23.7. The van der Waals surface area contributed by atoms with Gasteiger partial charge >= 0.3 is 6.03 Å². The van der Waals surface area contributed by atoms with E-state index < -0.39 is 11.8 Å². The van der Waals surface area contributed by atoms with Crippen LogP contribution in [0.4, 0.5) is 14.9 Å². The van der Waals surface area contributed by atoms with E-state index in [9.17, 15) is 19.1 Å². The molecule has 1 saturated carbocycles. The molecule has 2 saturated heterocycles. The first-order chi connectivity index (χ1) is 16.5. The molecule has 2 heterocycles. The minimum Gasteiger partial charge on any atom is -0.394 e. The molecule has 176 valence electrons. The molecule has 34 heavy (non-hydrogen) atoms. The summed E-state index contributed by atoms with van der Waals surface area (Å²) in [6.45, 7) is 0.0731. The fraction of sp³-hybridized carbons (Fsp3) is 0.407. The Balaban J connectivity index is 1.30. The van der Waals surface area contributed by atoms with E-state index in [4.69, 9.17) is 0 Å². The summed E-state index contributed by atoms with van der Waals surface area (Å²) in [6.07, 6.45) is 4.87. The Bertz CT molecular complexity index is 1130. The van der Waals surface area contributed by atoms with E-state index in [0.717, 1.165) is 11.1 Å². The first kappa shape index (κ1) is 22.4. The number of aliphatic hydroxyl groups is 1. The van der Waals surface area contributed by atoms with Gasteiger partial charge in [-0.2, -0.15) is 0 Å². The molecule has 2 aromatic carbocycles. The molecule has 3 fully saturated rings. The van der Waals surface area contributed by atoms with Gasteiger partial charge in [0.25, 0.3) is 0 Å². The van der Waals surface area contributed by atoms with Crippen molar-refractivity contribution in [2.24, 2.45) is 5.92 Å². The average molecular weight is 462 g/mol. The van der Waals surface area contributed by atoms with Crippen LogP contribution in [-0.4, -0.2) is 58.6 Å². The van der Waals surface area contributed by atoms with Crippen molar-refractivity contribution < 1.29 is 19.1 Å². The third-order valence-electron chi connectivity index (χ3n) is 7.23. The highest BCUT2D eigenvalue weighted by Crippen LogP contribution is 2.43. The molecule has 0 aromatic heterocycles. The first-order valence-corrected chi connectivity index (χ1v) is 11.9. The predicted octanol–water partition coefficient (Wildman–Crippen LogP) is 3.57. The van der Waals surface area contributed by atoms with Gasteiger partial charge in [0.2, 0.25) is 5.91 Å². The van der Waals surface area contributed by atoms with Gasteiger partial charge in [-0.25, -0.2) is 9.18 Å². The molecular weight excluding hydrogens is 433 g/mol. The van der Waals surface area contributed by atoms with Gasteiger partial charge in [-0.15, -0.1) is 0 Å². The van der Waals surface area contributed by atoms with Crippen LogP contribution in [0.15, 0.2) is 48.5 Å². The number of halogens is 1. The summed E-state index contributed by atoms with van der Waals surface area (Å²) in [5.74, 6) is 6.30. The highest BCUT2D eigenvalue weighted by molar-refractivity contribution is 5.94. The number of aliphatic hydroxyl groups excluding tert-OH is 1. The number of fused-ring (bicyclic) bond motifs is 1. The lowest BCUT2D eigenvalue weighted by Crippen LogP contribution is -2.73. The van der Waals surface area contributed by atoms with E-state index in [2.05, 4.69) is 17.2 Å². The van der Waals surface area contributed by atoms with Gasteiger partial charge in [0.15, 0.2) is 0 Å². The summed E-state index contributed by atoms with van der Waals surface area (Å²) in [7, 11) is 0. The number of amides is 3. The largest absolute Gasteiger partial charge is 0.394 e. The van der Waals surface area contributed by atoms with Gasteiger partial charge < -0.3 is 20.2 Å². The molecule has 0 radical (unpaired) electrons. The number of hydrogen-bond donors (Lipinski definition) is 2. The molecule has 3 atom stereocenters. The van der Waals surface area contributed by atoms with Gasteiger partial charge in [0.1, 0.15) is 12.4 Å². The fourth-order valence-electron chi connectivity index (χ4n) is 5.46. The molecule has 3 amide bonds. The molecule has 2 aliphatic heterocycles. The summed E-state index contributed by atoms with van der Waals surface area (Å²) in [6, 6.07) is 12.9. The summed E-state index contributed by atoms with van der Waals surface area (Å²) in [5, 5.41) is 12.5. The summed E-state index contributed by atoms with van der Waals surface area (Å²) >= 11 is 0. The number of rotatable bonds is 3. The number of piperazine rings is 1. The van der Waals surface area contributed by atoms with E-state index >= 15 is 0 Å². The number of hydrogen-bond acceptors (Lipinski definition) is 3. The van der Waals surface area contributed by atoms with Gasteiger partial charge in [0, 0.05) is 23.9 Å². The SMILES string of the molecule is O=C(Nc1ccccc1F)N1CC(=O)N2[C@H](CO)[C@@H](c3ccc(C#CC4CCCC4)cc3)[C@@H]2C1. The molecule has 2 N–H and O–H groups in total. The molecule has 3 aliphatic rings. The quantitative estimate of drug-likeness (QED) is 0.687. The Morgan fingerprint density at radius 2 is 1.85 bits per heavy atom. The first-order valence-electron chi connectivity index (χ1n) is 11.9. The minimum atomic E-state index is -0.529. The summed E-state index contributed by atoms with van der Waals surface area (Å²) in [5.41, 5.74) is 2.05. The number of nitrogens with one attached hydrogen (secondary N) is 1. The Kier molecular flexibility index (Phi) is 6.25. The second-order valence-corrected chi connectivity index (χ2v) is 9.31. The molecule has 6 nitrogen and oxygen atoms in total. The van der Waals surface area contributed by atoms with E-state index in [0.29, 0.717) is 12.5 Å². The van der Waals surface area contributed by atoms with Crippen LogP contribution in [0.1, 0.15) is 42.7 Å². The van der Waals surface area contributed by atoms with Crippen LogP contribution in [-0.2, 0) is 4.79 Å². The number of nitrogens with zero attached hydrogens (tertiary/aromatic N) is 2. The molecule has 0 unspecified atom stereocenters. The zero-order valence-electron chi connectivity index (χ0n) is 18.9. The van der Waals surface area contributed by atoms with E-state index in [1.807, 2.05) is 24.3 Å². The smallest absolute Gasteiger partial charge is 0.322 e. The van der Waals surface area contributed by atoms with Crippen molar-refractivity contribution in [2.45, 2.75) is 43.7 Å². The van der Waals surface area contributed by atoms with Crippen LogP contribution in [0.25, 0.3) is 0 Å². The maximum absolute atomic E-state index is 14.0. The van der Waals surface area contributed by atoms with E-state index in [-0.39, 0.29) is 42.7 Å². The molecule has 0 bridgehead atoms. The minimum absolute atomic E-state index is 0.0788. The predicted molar refractivity (Wildman–Crippen MR) is 127 cm³/mol. The lowest BCUT2D eigenvalue weighted by molar-refractivity contribution is -0.159. The third-order valence-corrected chi connectivity index (χ3v) is 7.23. The van der Waals surface area contributed by atoms with Crippen molar-refractivity contribution in [3.05, 3.63) is 65.5 Å². The number of carbonyl (C=O) groups excluding carboxylic acids is 2. The van der Waals surface area contributed by atoms with Crippen LogP contribution in [0.5, 0.6) is 0 Å². The fourth-order valence-corrected chi connectivity index (χ4v) is 5.46. The normalized spacial score (nSPS) is 24.2. The Morgan fingerprint density at radius 3 is 2.56 bits per heavy atom. The summed E-state index contributed by atoms with van der Waals surface area (Å²) in [4.78, 5) is 28.7. The maximum Gasteiger partial charge on any atom is 0.322 e. The second kappa shape index (κ2) is 9.47. The van der Waals surface area contributed by atoms with E-state index in [1.165, 1.54) is 42.7 Å². The van der Waals surface area contributed by atoms with Gasteiger partial charge in [-0.1, -0.05) is 48.9 Å². The number of para-hydroxylation sites is 1. The van der Waals surface area contributed by atoms with Gasteiger partial charge in [0.05, 0.1) is 24.4 Å². The van der Waals surface area contributed by atoms with Crippen molar-refractivity contribution >= 4 is 17.6 Å². The highest BCUT2D eigenvalue weighted by Gasteiger charge is 2.54. The molecule has 2 aromatic rings. The summed E-state index contributed by atoms with van der Waals surface area (Å²) < 4.78 is 14.0. The van der Waals surface area contributed by atoms with Crippen molar-refractivity contribution in [1.29, 1.82) is 0 Å². The van der Waals surface area contributed by atoms with Crippen molar-refractivity contribution in [1.82, 2.24) is 9.80 Å². The van der Waals surface area contributed by atoms with Crippen LogP contribution >= 0.6 is 0 Å². The van der Waals surface area contributed by atoms with Crippen molar-refractivity contribution in [3.63, 3.8) is 0 Å². The van der Waals surface area contributed by atoms with E-state index in [1.54, 1.807) is 17.0 Å². The maximum atomic E-state index is 14.0. The van der Waals surface area contributed by atoms with Gasteiger partial charge in [-0.05, 0) is 42.7 Å². The number of benzene rings is 2. The average Bonchev–Trinajstić information content (AvgIpc) is 3.35. The Labute approximate surface area is 198 Å². The highest BCUT2D eigenvalue weighted by atomic mass is 19.1. The monoisotopic (exact) mass is 461 g/mol. The molecule has 5 rings (SSSR count). The molecular formula is C27H28FN3O3. The molecule has 1 aliphatic carbocycles. The number of anilines is 1. The van der Waals surface area contributed by atoms with Crippen molar-refractivity contribution in [3.8, 4) is 11.8 Å². The van der Waals surface area contributed by atoms with Crippen LogP contribution in [0, 0.1) is 23.6 Å². The third kappa shape index (κ3) is 4.26. The Hall–Kier alpha value is -3.37. The standard InChI is InChI=1S/C27H28FN3O3/c28-21-7-3-4-8-22(21)29-27(34)30-15-23-26(24(17-32)31(23)25(33)16-30)20-13-11-19(12-14-20)10-9-18-5-1-2-6-18/h3-4,7-8,11-14,18,23-24,26,32H,1-2,5-6,15-17H2,(H,29,34)/t23-,24+,26-/m0/s1. The number of urea groups is 1. The van der Waals surface area contributed by atoms with Crippen LogP contribution < -0.4 is 5.32 Å². The second-order valence-electron chi connectivity index (χ2n) is 9.31. The van der Waals surface area contributed by atoms with Crippen LogP contribution in [0.3, 0.4) is 0 Å². The number of carbonyl (C=O) groups is 2. The van der Waals surface area contributed by atoms with Crippen LogP contribution in [0.2, 0.25) is 0 Å². The molecule has 0 spiro atoms.